The van der Waals surface area contributed by atoms with Crippen LogP contribution in [-0.4, -0.2) is 27.8 Å². The summed E-state index contributed by atoms with van der Waals surface area (Å²) in [4.78, 5) is 37.1. The summed E-state index contributed by atoms with van der Waals surface area (Å²) in [6.07, 6.45) is -1.12. The van der Waals surface area contributed by atoms with Crippen molar-refractivity contribution in [3.05, 3.63) is 69.6 Å². The number of fused-ring (bicyclic) bond motifs is 1. The second-order valence-electron chi connectivity index (χ2n) is 6.99. The molecule has 0 spiro atoms. The minimum absolute atomic E-state index is 0.143. The number of anilines is 1. The van der Waals surface area contributed by atoms with Gasteiger partial charge in [-0.1, -0.05) is 36.4 Å². The van der Waals surface area contributed by atoms with Crippen LogP contribution in [0.2, 0.25) is 0 Å². The lowest BCUT2D eigenvalue weighted by atomic mass is 10.1. The van der Waals surface area contributed by atoms with Crippen LogP contribution in [0.5, 0.6) is 0 Å². The zero-order chi connectivity index (χ0) is 21.1. The topological polar surface area (TPSA) is 90.3 Å². The number of nitrogens with one attached hydrogen (secondary N) is 1. The van der Waals surface area contributed by atoms with Crippen LogP contribution in [0, 0.1) is 13.8 Å². The molecular weight excluding hydrogens is 370 g/mol. The molecule has 3 aromatic rings. The average Bonchev–Trinajstić information content (AvgIpc) is 2.68. The molecule has 0 aliphatic carbocycles. The Morgan fingerprint density at radius 3 is 2.34 bits per heavy atom. The molecule has 1 aromatic heterocycles. The van der Waals surface area contributed by atoms with Crippen molar-refractivity contribution in [3.8, 4) is 0 Å². The van der Waals surface area contributed by atoms with Crippen LogP contribution in [-0.2, 0) is 27.8 Å². The Morgan fingerprint density at radius 2 is 1.69 bits per heavy atom. The van der Waals surface area contributed by atoms with E-state index in [9.17, 15) is 14.4 Å². The minimum atomic E-state index is -0.972. The van der Waals surface area contributed by atoms with Gasteiger partial charge < -0.3 is 10.1 Å². The first-order valence-corrected chi connectivity index (χ1v) is 9.29. The second-order valence-corrected chi connectivity index (χ2v) is 6.99. The smallest absolute Gasteiger partial charge is 0.312 e. The number of rotatable bonds is 5. The normalized spacial score (nSPS) is 11.9. The molecule has 3 rings (SSSR count). The van der Waals surface area contributed by atoms with Gasteiger partial charge in [-0.2, -0.15) is 5.10 Å². The quantitative estimate of drug-likeness (QED) is 0.673. The highest BCUT2D eigenvalue weighted by Gasteiger charge is 2.21. The van der Waals surface area contributed by atoms with Crippen LogP contribution in [0.4, 0.5) is 5.69 Å². The van der Waals surface area contributed by atoms with Gasteiger partial charge >= 0.3 is 5.97 Å². The van der Waals surface area contributed by atoms with Crippen molar-refractivity contribution in [2.75, 3.05) is 5.32 Å². The van der Waals surface area contributed by atoms with Crippen LogP contribution in [0.15, 0.2) is 47.3 Å². The summed E-state index contributed by atoms with van der Waals surface area (Å²) in [5.41, 5.74) is 2.76. The number of nitrogens with zero attached hydrogens (tertiary/aromatic N) is 2. The fourth-order valence-corrected chi connectivity index (χ4v) is 3.17. The molecule has 7 heteroatoms. The first-order chi connectivity index (χ1) is 13.8. The minimum Gasteiger partial charge on any atom is -0.452 e. The summed E-state index contributed by atoms with van der Waals surface area (Å²) in [6.45, 7) is 5.32. The lowest BCUT2D eigenvalue weighted by Crippen LogP contribution is -2.31. The Balaban J connectivity index is 1.73. The Hall–Kier alpha value is -3.48. The predicted octanol–water partition coefficient (Wildman–Crippen LogP) is 2.66. The number of hydrogen-bond donors (Lipinski definition) is 1. The van der Waals surface area contributed by atoms with Gasteiger partial charge in [0.15, 0.2) is 6.10 Å². The molecular formula is C22H23N3O4. The number of carbonyl (C=O) groups is 2. The van der Waals surface area contributed by atoms with Gasteiger partial charge in [-0.3, -0.25) is 14.4 Å². The number of carbonyl (C=O) groups excluding carboxylic acids is 2. The van der Waals surface area contributed by atoms with Gasteiger partial charge in [0, 0.05) is 18.1 Å². The van der Waals surface area contributed by atoms with Gasteiger partial charge in [-0.15, -0.1) is 0 Å². The van der Waals surface area contributed by atoms with E-state index >= 15 is 0 Å². The van der Waals surface area contributed by atoms with Gasteiger partial charge in [0.05, 0.1) is 17.5 Å². The maximum Gasteiger partial charge on any atom is 0.312 e. The summed E-state index contributed by atoms with van der Waals surface area (Å²) in [6, 6.07) is 12.7. The molecule has 29 heavy (non-hydrogen) atoms. The lowest BCUT2D eigenvalue weighted by molar-refractivity contribution is -0.152. The van der Waals surface area contributed by atoms with Crippen LogP contribution in [0.1, 0.15) is 23.7 Å². The van der Waals surface area contributed by atoms with Gasteiger partial charge in [-0.05, 0) is 38.0 Å². The highest BCUT2D eigenvalue weighted by atomic mass is 16.5. The molecule has 0 saturated carbocycles. The Kier molecular flexibility index (Phi) is 5.77. The summed E-state index contributed by atoms with van der Waals surface area (Å²) in [5.74, 6) is -1.00. The maximum absolute atomic E-state index is 12.5. The standard InChI is InChI=1S/C22H23N3O4/c1-13-8-7-9-14(2)20(13)23-21(27)15(3)29-19(26)12-18-16-10-5-6-11-17(16)22(28)25(4)24-18/h5-11,15H,12H2,1-4H3,(H,23,27)/t15-/m0/s1. The van der Waals surface area contributed by atoms with E-state index in [1.165, 1.54) is 18.7 Å². The number of benzene rings is 2. The van der Waals surface area contributed by atoms with E-state index in [-0.39, 0.29) is 12.0 Å². The maximum atomic E-state index is 12.5. The predicted molar refractivity (Wildman–Crippen MR) is 111 cm³/mol. The third-order valence-corrected chi connectivity index (χ3v) is 4.75. The fourth-order valence-electron chi connectivity index (χ4n) is 3.17. The van der Waals surface area contributed by atoms with E-state index in [0.717, 1.165) is 11.1 Å². The Labute approximate surface area is 168 Å². The first kappa shape index (κ1) is 20.3. The molecule has 7 nitrogen and oxygen atoms in total. The summed E-state index contributed by atoms with van der Waals surface area (Å²) < 4.78 is 6.51. The van der Waals surface area contributed by atoms with Crippen molar-refractivity contribution in [1.82, 2.24) is 9.78 Å². The molecule has 1 amide bonds. The van der Waals surface area contributed by atoms with E-state index in [2.05, 4.69) is 10.4 Å². The van der Waals surface area contributed by atoms with Crippen molar-refractivity contribution in [2.45, 2.75) is 33.3 Å². The lowest BCUT2D eigenvalue weighted by Gasteiger charge is -2.16. The zero-order valence-electron chi connectivity index (χ0n) is 16.9. The molecule has 2 aromatic carbocycles. The van der Waals surface area contributed by atoms with E-state index in [1.807, 2.05) is 32.0 Å². The molecule has 1 heterocycles. The third-order valence-electron chi connectivity index (χ3n) is 4.75. The summed E-state index contributed by atoms with van der Waals surface area (Å²) >= 11 is 0. The van der Waals surface area contributed by atoms with Crippen molar-refractivity contribution in [1.29, 1.82) is 0 Å². The number of ether oxygens (including phenoxy) is 1. The van der Waals surface area contributed by atoms with E-state index < -0.39 is 18.0 Å². The summed E-state index contributed by atoms with van der Waals surface area (Å²) in [5, 5.41) is 8.08. The van der Waals surface area contributed by atoms with Crippen LogP contribution < -0.4 is 10.9 Å². The summed E-state index contributed by atoms with van der Waals surface area (Å²) in [7, 11) is 1.53. The molecule has 0 aliphatic heterocycles. The van der Waals surface area contributed by atoms with E-state index in [1.54, 1.807) is 24.3 Å². The highest BCUT2D eigenvalue weighted by Crippen LogP contribution is 2.20. The molecule has 0 aliphatic rings. The van der Waals surface area contributed by atoms with Crippen molar-refractivity contribution in [3.63, 3.8) is 0 Å². The average molecular weight is 393 g/mol. The van der Waals surface area contributed by atoms with Crippen LogP contribution in [0.3, 0.4) is 0 Å². The second kappa shape index (κ2) is 8.26. The van der Waals surface area contributed by atoms with Crippen molar-refractivity contribution >= 4 is 28.3 Å². The molecule has 150 valence electrons. The molecule has 1 atom stereocenters. The molecule has 0 radical (unpaired) electrons. The number of amides is 1. The highest BCUT2D eigenvalue weighted by molar-refractivity contribution is 5.96. The molecule has 0 unspecified atom stereocenters. The number of aromatic nitrogens is 2. The molecule has 1 N–H and O–H groups in total. The van der Waals surface area contributed by atoms with Crippen molar-refractivity contribution < 1.29 is 14.3 Å². The Morgan fingerprint density at radius 1 is 1.07 bits per heavy atom. The number of esters is 1. The van der Waals surface area contributed by atoms with Crippen molar-refractivity contribution in [2.24, 2.45) is 7.05 Å². The molecule has 0 bridgehead atoms. The SMILES string of the molecule is Cc1cccc(C)c1NC(=O)[C@H](C)OC(=O)Cc1nn(C)c(=O)c2ccccc12. The first-order valence-electron chi connectivity index (χ1n) is 9.29. The van der Waals surface area contributed by atoms with E-state index in [4.69, 9.17) is 4.74 Å². The van der Waals surface area contributed by atoms with Crippen LogP contribution in [0.25, 0.3) is 10.8 Å². The number of para-hydroxylation sites is 1. The third kappa shape index (κ3) is 4.34. The molecule has 0 saturated heterocycles. The van der Waals surface area contributed by atoms with Crippen LogP contribution >= 0.6 is 0 Å². The number of hydrogen-bond acceptors (Lipinski definition) is 5. The van der Waals surface area contributed by atoms with E-state index in [0.29, 0.717) is 22.2 Å². The zero-order valence-corrected chi connectivity index (χ0v) is 16.9. The van der Waals surface area contributed by atoms with Gasteiger partial charge in [-0.25, -0.2) is 4.68 Å². The van der Waals surface area contributed by atoms with Gasteiger partial charge in [0.1, 0.15) is 0 Å². The number of aryl methyl sites for hydroxylation is 3. The fraction of sp³-hybridized carbons (Fsp3) is 0.273. The monoisotopic (exact) mass is 393 g/mol. The van der Waals surface area contributed by atoms with Gasteiger partial charge in [0.2, 0.25) is 0 Å². The molecule has 0 fully saturated rings. The Bertz CT molecular complexity index is 1130. The van der Waals surface area contributed by atoms with Gasteiger partial charge in [0.25, 0.3) is 11.5 Å². The largest absolute Gasteiger partial charge is 0.452 e.